The van der Waals surface area contributed by atoms with Crippen LogP contribution in [0.2, 0.25) is 5.02 Å². The smallest absolute Gasteiger partial charge is 0.169 e. The van der Waals surface area contributed by atoms with Gasteiger partial charge in [-0.05, 0) is 51.0 Å². The lowest BCUT2D eigenvalue weighted by molar-refractivity contribution is -0.122. The van der Waals surface area contributed by atoms with Gasteiger partial charge in [0.1, 0.15) is 5.75 Å². The Labute approximate surface area is 95.2 Å². The fraction of sp³-hybridized carbons (Fsp3) is 0.417. The first kappa shape index (κ1) is 12.1. The van der Waals surface area contributed by atoms with Crippen molar-refractivity contribution in [3.63, 3.8) is 0 Å². The Kier molecular flexibility index (Phi) is 3.75. The highest BCUT2D eigenvalue weighted by Crippen LogP contribution is 2.26. The minimum absolute atomic E-state index is 0.0141. The Morgan fingerprint density at radius 3 is 2.20 bits per heavy atom. The van der Waals surface area contributed by atoms with E-state index in [-0.39, 0.29) is 5.78 Å². The third-order valence-electron chi connectivity index (χ3n) is 2.30. The molecule has 0 spiro atoms. The molecule has 0 N–H and O–H groups in total. The summed E-state index contributed by atoms with van der Waals surface area (Å²) in [5, 5.41) is 0.748. The number of aryl methyl sites for hydroxylation is 2. The molecule has 0 aliphatic rings. The SMILES string of the molecule is CC(=O)C(C)Oc1cc(C)c(Cl)c(C)c1. The van der Waals surface area contributed by atoms with Crippen LogP contribution in [-0.4, -0.2) is 11.9 Å². The Bertz CT molecular complexity index is 362. The third kappa shape index (κ3) is 2.96. The quantitative estimate of drug-likeness (QED) is 0.791. The van der Waals surface area contributed by atoms with Gasteiger partial charge in [-0.2, -0.15) is 0 Å². The lowest BCUT2D eigenvalue weighted by atomic mass is 10.1. The third-order valence-corrected chi connectivity index (χ3v) is 2.89. The molecule has 0 aliphatic carbocycles. The van der Waals surface area contributed by atoms with Gasteiger partial charge < -0.3 is 4.74 Å². The number of carbonyl (C=O) groups is 1. The number of rotatable bonds is 3. The lowest BCUT2D eigenvalue weighted by Crippen LogP contribution is -2.20. The highest BCUT2D eigenvalue weighted by atomic mass is 35.5. The molecule has 1 rings (SSSR count). The molecular weight excluding hydrogens is 212 g/mol. The first-order chi connectivity index (χ1) is 6.91. The van der Waals surface area contributed by atoms with Crippen molar-refractivity contribution >= 4 is 17.4 Å². The van der Waals surface area contributed by atoms with Gasteiger partial charge in [0.25, 0.3) is 0 Å². The highest BCUT2D eigenvalue weighted by molar-refractivity contribution is 6.32. The van der Waals surface area contributed by atoms with E-state index >= 15 is 0 Å². The first-order valence-corrected chi connectivity index (χ1v) is 5.23. The molecule has 0 fully saturated rings. The molecule has 82 valence electrons. The van der Waals surface area contributed by atoms with Crippen LogP contribution in [0, 0.1) is 13.8 Å². The average Bonchev–Trinajstić information content (AvgIpc) is 2.13. The summed E-state index contributed by atoms with van der Waals surface area (Å²) in [6.07, 6.45) is -0.412. The van der Waals surface area contributed by atoms with Gasteiger partial charge in [-0.15, -0.1) is 0 Å². The van der Waals surface area contributed by atoms with Crippen LogP contribution in [0.15, 0.2) is 12.1 Å². The molecule has 0 saturated carbocycles. The van der Waals surface area contributed by atoms with Crippen molar-refractivity contribution in [3.8, 4) is 5.75 Å². The molecule has 15 heavy (non-hydrogen) atoms. The fourth-order valence-electron chi connectivity index (χ4n) is 1.26. The van der Waals surface area contributed by atoms with Gasteiger partial charge in [-0.25, -0.2) is 0 Å². The maximum Gasteiger partial charge on any atom is 0.169 e. The van der Waals surface area contributed by atoms with Gasteiger partial charge in [0, 0.05) is 5.02 Å². The zero-order valence-electron chi connectivity index (χ0n) is 9.43. The van der Waals surface area contributed by atoms with E-state index in [4.69, 9.17) is 16.3 Å². The van der Waals surface area contributed by atoms with E-state index in [2.05, 4.69) is 0 Å². The van der Waals surface area contributed by atoms with Crippen molar-refractivity contribution in [1.29, 1.82) is 0 Å². The van der Waals surface area contributed by atoms with Crippen LogP contribution in [0.25, 0.3) is 0 Å². The van der Waals surface area contributed by atoms with E-state index in [0.717, 1.165) is 16.1 Å². The number of Topliss-reactive ketones (excluding diaryl/α,β-unsaturated/α-hetero) is 1. The van der Waals surface area contributed by atoms with Gasteiger partial charge >= 0.3 is 0 Å². The predicted molar refractivity (Wildman–Crippen MR) is 61.7 cm³/mol. The molecule has 0 amide bonds. The van der Waals surface area contributed by atoms with Crippen molar-refractivity contribution in [3.05, 3.63) is 28.3 Å². The molecule has 1 atom stereocenters. The number of ketones is 1. The highest BCUT2D eigenvalue weighted by Gasteiger charge is 2.10. The molecule has 0 radical (unpaired) electrons. The van der Waals surface area contributed by atoms with Gasteiger partial charge in [-0.1, -0.05) is 11.6 Å². The van der Waals surface area contributed by atoms with E-state index < -0.39 is 6.10 Å². The summed E-state index contributed by atoms with van der Waals surface area (Å²) in [6, 6.07) is 3.68. The monoisotopic (exact) mass is 226 g/mol. The van der Waals surface area contributed by atoms with E-state index in [0.29, 0.717) is 5.75 Å². The second-order valence-electron chi connectivity index (χ2n) is 3.74. The fourth-order valence-corrected chi connectivity index (χ4v) is 1.37. The summed E-state index contributed by atoms with van der Waals surface area (Å²) in [6.45, 7) is 7.09. The second kappa shape index (κ2) is 4.67. The Morgan fingerprint density at radius 2 is 1.80 bits per heavy atom. The van der Waals surface area contributed by atoms with E-state index in [9.17, 15) is 4.79 Å². The number of halogens is 1. The van der Waals surface area contributed by atoms with Gasteiger partial charge in [0.05, 0.1) is 0 Å². The van der Waals surface area contributed by atoms with Crippen LogP contribution >= 0.6 is 11.6 Å². The molecule has 0 saturated heterocycles. The molecule has 0 aliphatic heterocycles. The zero-order chi connectivity index (χ0) is 11.6. The Balaban J connectivity index is 2.92. The predicted octanol–water partition coefficient (Wildman–Crippen LogP) is 3.31. The minimum atomic E-state index is -0.412. The van der Waals surface area contributed by atoms with Crippen LogP contribution < -0.4 is 4.74 Å². The van der Waals surface area contributed by atoms with Crippen LogP contribution in [0.3, 0.4) is 0 Å². The average molecular weight is 227 g/mol. The van der Waals surface area contributed by atoms with Crippen LogP contribution in [0.5, 0.6) is 5.75 Å². The maximum absolute atomic E-state index is 11.0. The van der Waals surface area contributed by atoms with Gasteiger partial charge in [-0.3, -0.25) is 4.79 Å². The molecule has 0 bridgehead atoms. The molecule has 2 nitrogen and oxygen atoms in total. The Morgan fingerprint density at radius 1 is 1.33 bits per heavy atom. The summed E-state index contributed by atoms with van der Waals surface area (Å²) in [5.41, 5.74) is 1.92. The van der Waals surface area contributed by atoms with Crippen LogP contribution in [-0.2, 0) is 4.79 Å². The number of hydrogen-bond donors (Lipinski definition) is 0. The summed E-state index contributed by atoms with van der Waals surface area (Å²) in [4.78, 5) is 11.0. The maximum atomic E-state index is 11.0. The number of ether oxygens (including phenoxy) is 1. The van der Waals surface area contributed by atoms with Crippen LogP contribution in [0.4, 0.5) is 0 Å². The molecule has 3 heteroatoms. The molecule has 1 aromatic rings. The van der Waals surface area contributed by atoms with Crippen molar-refractivity contribution in [2.45, 2.75) is 33.8 Å². The second-order valence-corrected chi connectivity index (χ2v) is 4.12. The largest absolute Gasteiger partial charge is 0.483 e. The molecule has 0 aromatic heterocycles. The van der Waals surface area contributed by atoms with Gasteiger partial charge in [0.2, 0.25) is 0 Å². The Hall–Kier alpha value is -1.02. The summed E-state index contributed by atoms with van der Waals surface area (Å²) < 4.78 is 5.48. The van der Waals surface area contributed by atoms with Crippen molar-refractivity contribution in [1.82, 2.24) is 0 Å². The topological polar surface area (TPSA) is 26.3 Å². The molecule has 1 aromatic carbocycles. The number of carbonyl (C=O) groups excluding carboxylic acids is 1. The van der Waals surface area contributed by atoms with E-state index in [1.54, 1.807) is 6.92 Å². The number of benzene rings is 1. The van der Waals surface area contributed by atoms with E-state index in [1.165, 1.54) is 6.92 Å². The molecular formula is C12H15ClO2. The van der Waals surface area contributed by atoms with Crippen molar-refractivity contribution in [2.75, 3.05) is 0 Å². The minimum Gasteiger partial charge on any atom is -0.483 e. The van der Waals surface area contributed by atoms with Crippen molar-refractivity contribution in [2.24, 2.45) is 0 Å². The number of hydrogen-bond acceptors (Lipinski definition) is 2. The molecule has 0 heterocycles. The van der Waals surface area contributed by atoms with E-state index in [1.807, 2.05) is 26.0 Å². The normalized spacial score (nSPS) is 12.3. The summed E-state index contributed by atoms with van der Waals surface area (Å²) in [7, 11) is 0. The lowest BCUT2D eigenvalue weighted by Gasteiger charge is -2.13. The van der Waals surface area contributed by atoms with Crippen LogP contribution in [0.1, 0.15) is 25.0 Å². The van der Waals surface area contributed by atoms with Gasteiger partial charge in [0.15, 0.2) is 11.9 Å². The summed E-state index contributed by atoms with van der Waals surface area (Å²) >= 11 is 6.03. The molecule has 1 unspecified atom stereocenters. The van der Waals surface area contributed by atoms with Crippen molar-refractivity contribution < 1.29 is 9.53 Å². The first-order valence-electron chi connectivity index (χ1n) is 4.85. The summed E-state index contributed by atoms with van der Waals surface area (Å²) in [5.74, 6) is 0.706. The standard InChI is InChI=1S/C12H15ClO2/c1-7-5-11(6-8(2)12(7)13)15-10(4)9(3)14/h5-6,10H,1-4H3. The zero-order valence-corrected chi connectivity index (χ0v) is 10.2.